The first-order valence-corrected chi connectivity index (χ1v) is 11.0. The Labute approximate surface area is 188 Å². The van der Waals surface area contributed by atoms with Gasteiger partial charge in [-0.1, -0.05) is 36.4 Å². The average Bonchev–Trinajstić information content (AvgIpc) is 2.84. The van der Waals surface area contributed by atoms with Gasteiger partial charge in [0.2, 0.25) is 0 Å². The van der Waals surface area contributed by atoms with E-state index in [2.05, 4.69) is 5.10 Å². The second kappa shape index (κ2) is 10.1. The first-order chi connectivity index (χ1) is 15.5. The van der Waals surface area contributed by atoms with Gasteiger partial charge in [-0.3, -0.25) is 14.6 Å². The molecule has 7 heteroatoms. The molecule has 2 N–H and O–H groups in total. The smallest absolute Gasteiger partial charge is 0.305 e. The van der Waals surface area contributed by atoms with E-state index in [-0.39, 0.29) is 23.7 Å². The van der Waals surface area contributed by atoms with Gasteiger partial charge in [-0.25, -0.2) is 0 Å². The highest BCUT2D eigenvalue weighted by Crippen LogP contribution is 2.35. The standard InChI is InChI=1S/C25H29N3O4/c1-31-23(29)15-20-7-6-19-14-21(8-9-22(19)24(20)26)25(30)18-4-2-17(3-5-18)16-27-28-10-12-32-13-11-28/h2-5,8-9,14,16,20,24H,6-7,10-13,15,26H2,1H3. The van der Waals surface area contributed by atoms with Crippen molar-refractivity contribution in [2.75, 3.05) is 33.4 Å². The van der Waals surface area contributed by atoms with Gasteiger partial charge in [-0.15, -0.1) is 0 Å². The van der Waals surface area contributed by atoms with E-state index < -0.39 is 0 Å². The zero-order valence-corrected chi connectivity index (χ0v) is 18.3. The number of ketones is 1. The van der Waals surface area contributed by atoms with Crippen LogP contribution in [-0.2, 0) is 20.7 Å². The van der Waals surface area contributed by atoms with E-state index in [1.54, 1.807) is 0 Å². The Balaban J connectivity index is 1.43. The van der Waals surface area contributed by atoms with Crippen molar-refractivity contribution in [1.29, 1.82) is 0 Å². The maximum absolute atomic E-state index is 13.0. The molecule has 0 bridgehead atoms. The van der Waals surface area contributed by atoms with Crippen LogP contribution in [-0.4, -0.2) is 56.4 Å². The first-order valence-electron chi connectivity index (χ1n) is 11.0. The lowest BCUT2D eigenvalue weighted by Crippen LogP contribution is -2.32. The fourth-order valence-electron chi connectivity index (χ4n) is 4.29. The van der Waals surface area contributed by atoms with Crippen molar-refractivity contribution in [2.24, 2.45) is 16.8 Å². The van der Waals surface area contributed by atoms with Crippen LogP contribution in [0.25, 0.3) is 0 Å². The fraction of sp³-hybridized carbons (Fsp3) is 0.400. The van der Waals surface area contributed by atoms with Gasteiger partial charge in [-0.05, 0) is 41.5 Å². The van der Waals surface area contributed by atoms with Gasteiger partial charge in [0.15, 0.2) is 5.78 Å². The van der Waals surface area contributed by atoms with Crippen molar-refractivity contribution in [3.05, 3.63) is 70.3 Å². The maximum Gasteiger partial charge on any atom is 0.305 e. The normalized spacial score (nSPS) is 20.8. The highest BCUT2D eigenvalue weighted by Gasteiger charge is 2.29. The molecule has 7 nitrogen and oxygen atoms in total. The number of rotatable bonds is 6. The van der Waals surface area contributed by atoms with Crippen LogP contribution >= 0.6 is 0 Å². The third kappa shape index (κ3) is 5.06. The number of benzene rings is 2. The molecule has 1 heterocycles. The lowest BCUT2D eigenvalue weighted by molar-refractivity contribution is -0.142. The van der Waals surface area contributed by atoms with Crippen molar-refractivity contribution >= 4 is 18.0 Å². The number of hydrazone groups is 1. The van der Waals surface area contributed by atoms with E-state index in [0.717, 1.165) is 42.6 Å². The van der Waals surface area contributed by atoms with E-state index >= 15 is 0 Å². The van der Waals surface area contributed by atoms with E-state index in [1.807, 2.05) is 53.7 Å². The topological polar surface area (TPSA) is 94.2 Å². The molecule has 0 aromatic heterocycles. The Morgan fingerprint density at radius 2 is 1.88 bits per heavy atom. The van der Waals surface area contributed by atoms with Crippen molar-refractivity contribution in [3.63, 3.8) is 0 Å². The predicted molar refractivity (Wildman–Crippen MR) is 122 cm³/mol. The molecule has 0 amide bonds. The molecule has 0 radical (unpaired) electrons. The molecule has 1 saturated heterocycles. The highest BCUT2D eigenvalue weighted by atomic mass is 16.5. The van der Waals surface area contributed by atoms with Crippen LogP contribution in [0.3, 0.4) is 0 Å². The van der Waals surface area contributed by atoms with E-state index in [0.29, 0.717) is 30.8 Å². The SMILES string of the molecule is COC(=O)CC1CCc2cc(C(=O)c3ccc(C=NN4CCOCC4)cc3)ccc2C1N. The number of ether oxygens (including phenoxy) is 2. The average molecular weight is 436 g/mol. The number of esters is 1. The Bertz CT molecular complexity index is 997. The Morgan fingerprint density at radius 1 is 1.16 bits per heavy atom. The largest absolute Gasteiger partial charge is 0.469 e. The molecule has 1 fully saturated rings. The minimum absolute atomic E-state index is 0.0188. The third-order valence-electron chi connectivity index (χ3n) is 6.24. The van der Waals surface area contributed by atoms with Crippen LogP contribution in [0.2, 0.25) is 0 Å². The summed E-state index contributed by atoms with van der Waals surface area (Å²) in [5, 5.41) is 6.46. The summed E-state index contributed by atoms with van der Waals surface area (Å²) in [6.45, 7) is 2.97. The molecule has 1 aliphatic carbocycles. The van der Waals surface area contributed by atoms with Crippen molar-refractivity contribution in [1.82, 2.24) is 5.01 Å². The quantitative estimate of drug-likeness (QED) is 0.426. The Morgan fingerprint density at radius 3 is 2.59 bits per heavy atom. The number of carbonyl (C=O) groups excluding carboxylic acids is 2. The van der Waals surface area contributed by atoms with Crippen molar-refractivity contribution in [3.8, 4) is 0 Å². The van der Waals surface area contributed by atoms with Crippen LogP contribution in [0.4, 0.5) is 0 Å². The molecule has 1 aliphatic heterocycles. The number of carbonyl (C=O) groups is 2. The van der Waals surface area contributed by atoms with Gasteiger partial charge in [0.25, 0.3) is 0 Å². The van der Waals surface area contributed by atoms with Gasteiger partial charge in [0.05, 0.1) is 46.0 Å². The number of aryl methyl sites for hydroxylation is 1. The van der Waals surface area contributed by atoms with Crippen LogP contribution < -0.4 is 5.73 Å². The monoisotopic (exact) mass is 435 g/mol. The molecule has 168 valence electrons. The summed E-state index contributed by atoms with van der Waals surface area (Å²) in [5.41, 5.74) is 10.7. The van der Waals surface area contributed by atoms with Crippen molar-refractivity contribution < 1.29 is 19.1 Å². The second-order valence-electron chi connectivity index (χ2n) is 8.28. The lowest BCUT2D eigenvalue weighted by Gasteiger charge is -2.30. The summed E-state index contributed by atoms with van der Waals surface area (Å²) in [6, 6.07) is 13.0. The van der Waals surface area contributed by atoms with Gasteiger partial charge in [0, 0.05) is 17.2 Å². The number of nitrogens with zero attached hydrogens (tertiary/aromatic N) is 2. The molecule has 2 atom stereocenters. The molecule has 32 heavy (non-hydrogen) atoms. The van der Waals surface area contributed by atoms with Crippen LogP contribution in [0.15, 0.2) is 47.6 Å². The van der Waals surface area contributed by atoms with Gasteiger partial charge >= 0.3 is 5.97 Å². The second-order valence-corrected chi connectivity index (χ2v) is 8.28. The molecule has 0 spiro atoms. The molecule has 2 aromatic rings. The molecular formula is C25H29N3O4. The summed E-state index contributed by atoms with van der Waals surface area (Å²) >= 11 is 0. The van der Waals surface area contributed by atoms with Gasteiger partial charge < -0.3 is 15.2 Å². The zero-order valence-electron chi connectivity index (χ0n) is 18.3. The molecular weight excluding hydrogens is 406 g/mol. The lowest BCUT2D eigenvalue weighted by atomic mass is 9.78. The Kier molecular flexibility index (Phi) is 6.97. The number of methoxy groups -OCH3 is 1. The third-order valence-corrected chi connectivity index (χ3v) is 6.24. The zero-order chi connectivity index (χ0) is 22.5. The number of morpholine rings is 1. The first kappa shape index (κ1) is 22.2. The van der Waals surface area contributed by atoms with E-state index in [1.165, 1.54) is 7.11 Å². The minimum atomic E-state index is -0.237. The van der Waals surface area contributed by atoms with E-state index in [9.17, 15) is 9.59 Å². The summed E-state index contributed by atoms with van der Waals surface area (Å²) < 4.78 is 10.1. The molecule has 4 rings (SSSR count). The van der Waals surface area contributed by atoms with Gasteiger partial charge in [-0.2, -0.15) is 5.10 Å². The molecule has 2 unspecified atom stereocenters. The number of hydrogen-bond donors (Lipinski definition) is 1. The molecule has 2 aliphatic rings. The molecule has 0 saturated carbocycles. The molecule has 2 aromatic carbocycles. The Hall–Kier alpha value is -3.03. The van der Waals surface area contributed by atoms with E-state index in [4.69, 9.17) is 15.2 Å². The number of hydrogen-bond acceptors (Lipinski definition) is 7. The fourth-order valence-corrected chi connectivity index (χ4v) is 4.29. The summed E-state index contributed by atoms with van der Waals surface area (Å²) in [6.07, 6.45) is 3.73. The number of nitrogens with two attached hydrogens (primary N) is 1. The maximum atomic E-state index is 13.0. The van der Waals surface area contributed by atoms with Crippen molar-refractivity contribution in [2.45, 2.75) is 25.3 Å². The van der Waals surface area contributed by atoms with Crippen LogP contribution in [0.1, 0.15) is 51.5 Å². The minimum Gasteiger partial charge on any atom is -0.469 e. The van der Waals surface area contributed by atoms with Gasteiger partial charge in [0.1, 0.15) is 0 Å². The predicted octanol–water partition coefficient (Wildman–Crippen LogP) is 2.71. The summed E-state index contributed by atoms with van der Waals surface area (Å²) in [4.78, 5) is 24.7. The summed E-state index contributed by atoms with van der Waals surface area (Å²) in [7, 11) is 1.39. The van der Waals surface area contributed by atoms with Crippen LogP contribution in [0, 0.1) is 5.92 Å². The highest BCUT2D eigenvalue weighted by molar-refractivity contribution is 6.09. The number of fused-ring (bicyclic) bond motifs is 1. The van der Waals surface area contributed by atoms with Crippen LogP contribution in [0.5, 0.6) is 0 Å². The summed E-state index contributed by atoms with van der Waals surface area (Å²) in [5.74, 6) is -0.197.